The topological polar surface area (TPSA) is 20.2 Å². The molecule has 5 atom stereocenters. The Morgan fingerprint density at radius 3 is 2.46 bits per heavy atom. The third-order valence-corrected chi connectivity index (χ3v) is 6.04. The molecule has 1 heteroatoms. The molecule has 0 spiro atoms. The highest BCUT2D eigenvalue weighted by atomic mass is 16.3. The molecule has 0 aromatic heterocycles. The number of hydrogen-bond acceptors (Lipinski definition) is 1. The monoisotopic (exact) mass is 180 g/mol. The van der Waals surface area contributed by atoms with Crippen molar-refractivity contribution in [3.63, 3.8) is 0 Å². The van der Waals surface area contributed by atoms with E-state index in [1.807, 2.05) is 0 Å². The van der Waals surface area contributed by atoms with Gasteiger partial charge in [-0.15, -0.1) is 0 Å². The van der Waals surface area contributed by atoms with Gasteiger partial charge in [0.15, 0.2) is 0 Å². The maximum absolute atomic E-state index is 10.1. The molecule has 0 aliphatic heterocycles. The average molecular weight is 180 g/mol. The Kier molecular flexibility index (Phi) is 1.36. The molecule has 3 aliphatic rings. The molecule has 0 saturated heterocycles. The summed E-state index contributed by atoms with van der Waals surface area (Å²) in [6.07, 6.45) is 6.54. The van der Waals surface area contributed by atoms with Gasteiger partial charge in [-0.2, -0.15) is 0 Å². The quantitative estimate of drug-likeness (QED) is 0.607. The Morgan fingerprint density at radius 1 is 1.08 bits per heavy atom. The van der Waals surface area contributed by atoms with Crippen LogP contribution in [0, 0.1) is 22.7 Å². The van der Waals surface area contributed by atoms with Crippen molar-refractivity contribution in [2.24, 2.45) is 22.7 Å². The fraction of sp³-hybridized carbons (Fsp3) is 1.00. The molecule has 13 heavy (non-hydrogen) atoms. The van der Waals surface area contributed by atoms with E-state index in [1.165, 1.54) is 25.7 Å². The summed E-state index contributed by atoms with van der Waals surface area (Å²) >= 11 is 0. The van der Waals surface area contributed by atoms with Crippen LogP contribution in [0.15, 0.2) is 0 Å². The van der Waals surface area contributed by atoms with Crippen molar-refractivity contribution >= 4 is 0 Å². The van der Waals surface area contributed by atoms with Crippen molar-refractivity contribution in [1.82, 2.24) is 0 Å². The molecule has 0 aromatic carbocycles. The molecule has 1 N–H and O–H groups in total. The summed E-state index contributed by atoms with van der Waals surface area (Å²) in [6.45, 7) is 4.79. The molecule has 5 unspecified atom stereocenters. The molecule has 0 heterocycles. The summed E-state index contributed by atoms with van der Waals surface area (Å²) in [5, 5.41) is 10.1. The second-order valence-corrected chi connectivity index (χ2v) is 5.96. The van der Waals surface area contributed by atoms with Crippen LogP contribution in [-0.2, 0) is 0 Å². The van der Waals surface area contributed by atoms with Crippen LogP contribution < -0.4 is 0 Å². The van der Waals surface area contributed by atoms with Gasteiger partial charge in [0.1, 0.15) is 0 Å². The Morgan fingerprint density at radius 2 is 1.77 bits per heavy atom. The normalized spacial score (nSPS) is 64.4. The van der Waals surface area contributed by atoms with Crippen LogP contribution in [0.2, 0.25) is 0 Å². The second-order valence-electron chi connectivity index (χ2n) is 5.96. The summed E-state index contributed by atoms with van der Waals surface area (Å²) < 4.78 is 0. The highest BCUT2D eigenvalue weighted by Gasteiger charge is 2.67. The van der Waals surface area contributed by atoms with Crippen LogP contribution >= 0.6 is 0 Å². The lowest BCUT2D eigenvalue weighted by molar-refractivity contribution is -0.0447. The van der Waals surface area contributed by atoms with Crippen molar-refractivity contribution in [2.75, 3.05) is 0 Å². The molecule has 3 rings (SSSR count). The minimum absolute atomic E-state index is 0.00667. The van der Waals surface area contributed by atoms with Gasteiger partial charge >= 0.3 is 0 Å². The molecule has 0 radical (unpaired) electrons. The lowest BCUT2D eigenvalue weighted by Gasteiger charge is -2.46. The maximum Gasteiger partial charge on any atom is 0.0602 e. The van der Waals surface area contributed by atoms with Gasteiger partial charge in [0, 0.05) is 5.41 Å². The summed E-state index contributed by atoms with van der Waals surface area (Å²) in [7, 11) is 0. The highest BCUT2D eigenvalue weighted by molar-refractivity contribution is 5.16. The standard InChI is InChI=1S/C12H20O/c1-11-6-5-10(13)12(11,2)9-4-3-8(11)7-9/h8-10,13H,3-7H2,1-2H3. The van der Waals surface area contributed by atoms with E-state index >= 15 is 0 Å². The van der Waals surface area contributed by atoms with Gasteiger partial charge < -0.3 is 5.11 Å². The van der Waals surface area contributed by atoms with Gasteiger partial charge in [-0.25, -0.2) is 0 Å². The minimum atomic E-state index is -0.00667. The van der Waals surface area contributed by atoms with E-state index in [0.29, 0.717) is 5.41 Å². The van der Waals surface area contributed by atoms with E-state index in [-0.39, 0.29) is 11.5 Å². The Hall–Kier alpha value is -0.0400. The van der Waals surface area contributed by atoms with Gasteiger partial charge in [0.25, 0.3) is 0 Å². The third-order valence-electron chi connectivity index (χ3n) is 6.04. The third kappa shape index (κ3) is 0.674. The molecule has 3 saturated carbocycles. The maximum atomic E-state index is 10.1. The SMILES string of the molecule is CC12CCC(O)C1(C)C1CCC2C1. The van der Waals surface area contributed by atoms with E-state index in [2.05, 4.69) is 13.8 Å². The van der Waals surface area contributed by atoms with Crippen LogP contribution in [0.4, 0.5) is 0 Å². The van der Waals surface area contributed by atoms with Crippen molar-refractivity contribution in [2.45, 2.75) is 52.1 Å². The Labute approximate surface area is 80.5 Å². The number of rotatable bonds is 0. The van der Waals surface area contributed by atoms with Crippen LogP contribution in [0.1, 0.15) is 46.0 Å². The van der Waals surface area contributed by atoms with Gasteiger partial charge in [0.05, 0.1) is 6.10 Å². The Balaban J connectivity index is 2.09. The first-order valence-corrected chi connectivity index (χ1v) is 5.77. The van der Waals surface area contributed by atoms with Gasteiger partial charge in [-0.05, 0) is 49.4 Å². The first-order chi connectivity index (χ1) is 6.09. The molecule has 3 fully saturated rings. The number of hydrogen-bond donors (Lipinski definition) is 1. The van der Waals surface area contributed by atoms with Crippen molar-refractivity contribution in [3.05, 3.63) is 0 Å². The number of aliphatic hydroxyl groups excluding tert-OH is 1. The highest BCUT2D eigenvalue weighted by Crippen LogP contribution is 2.72. The van der Waals surface area contributed by atoms with Crippen molar-refractivity contribution in [1.29, 1.82) is 0 Å². The summed E-state index contributed by atoms with van der Waals surface area (Å²) in [5.41, 5.74) is 0.755. The van der Waals surface area contributed by atoms with E-state index in [1.54, 1.807) is 0 Å². The largest absolute Gasteiger partial charge is 0.393 e. The molecule has 1 nitrogen and oxygen atoms in total. The first kappa shape index (κ1) is 8.28. The zero-order chi connectivity index (χ0) is 9.27. The Bertz CT molecular complexity index is 250. The van der Waals surface area contributed by atoms with Crippen molar-refractivity contribution in [3.8, 4) is 0 Å². The summed E-state index contributed by atoms with van der Waals surface area (Å²) in [6, 6.07) is 0. The zero-order valence-electron chi connectivity index (χ0n) is 8.71. The molecular formula is C12H20O. The number of aliphatic hydroxyl groups is 1. The fourth-order valence-corrected chi connectivity index (χ4v) is 4.87. The molecule has 0 amide bonds. The van der Waals surface area contributed by atoms with Crippen molar-refractivity contribution < 1.29 is 5.11 Å². The van der Waals surface area contributed by atoms with Crippen LogP contribution in [0.25, 0.3) is 0 Å². The van der Waals surface area contributed by atoms with E-state index in [4.69, 9.17) is 0 Å². The predicted molar refractivity (Wildman–Crippen MR) is 52.3 cm³/mol. The molecule has 0 aromatic rings. The van der Waals surface area contributed by atoms with Crippen LogP contribution in [-0.4, -0.2) is 11.2 Å². The van der Waals surface area contributed by atoms with Gasteiger partial charge in [0.2, 0.25) is 0 Å². The van der Waals surface area contributed by atoms with E-state index in [9.17, 15) is 5.11 Å². The fourth-order valence-electron chi connectivity index (χ4n) is 4.87. The molecular weight excluding hydrogens is 160 g/mol. The van der Waals surface area contributed by atoms with E-state index < -0.39 is 0 Å². The lowest BCUT2D eigenvalue weighted by atomic mass is 9.59. The number of fused-ring (bicyclic) bond motifs is 5. The minimum Gasteiger partial charge on any atom is -0.393 e. The summed E-state index contributed by atoms with van der Waals surface area (Å²) in [5.74, 6) is 1.76. The lowest BCUT2D eigenvalue weighted by Crippen LogP contribution is -2.44. The zero-order valence-corrected chi connectivity index (χ0v) is 8.71. The molecule has 74 valence electrons. The second kappa shape index (κ2) is 2.13. The average Bonchev–Trinajstić information content (AvgIpc) is 2.70. The summed E-state index contributed by atoms with van der Waals surface area (Å²) in [4.78, 5) is 0. The van der Waals surface area contributed by atoms with E-state index in [0.717, 1.165) is 18.3 Å². The molecule has 2 bridgehead atoms. The first-order valence-electron chi connectivity index (χ1n) is 5.77. The smallest absolute Gasteiger partial charge is 0.0602 e. The molecule has 3 aliphatic carbocycles. The van der Waals surface area contributed by atoms with Gasteiger partial charge in [-0.3, -0.25) is 0 Å². The van der Waals surface area contributed by atoms with Gasteiger partial charge in [-0.1, -0.05) is 13.8 Å². The van der Waals surface area contributed by atoms with Crippen LogP contribution in [0.5, 0.6) is 0 Å². The predicted octanol–water partition coefficient (Wildman–Crippen LogP) is 2.58. The van der Waals surface area contributed by atoms with Crippen LogP contribution in [0.3, 0.4) is 0 Å².